The lowest BCUT2D eigenvalue weighted by atomic mass is 10.1. The second-order valence-electron chi connectivity index (χ2n) is 9.06. The zero-order valence-electron chi connectivity index (χ0n) is 21.6. The number of ether oxygens (including phenoxy) is 5. The number of amides is 1. The lowest BCUT2D eigenvalue weighted by Gasteiger charge is -2.33. The maximum atomic E-state index is 13.1. The van der Waals surface area contributed by atoms with Crippen molar-refractivity contribution in [3.05, 3.63) is 48.0 Å². The number of carbonyl (C=O) groups excluding carboxylic acids is 1. The van der Waals surface area contributed by atoms with E-state index in [1.807, 2.05) is 48.2 Å². The van der Waals surface area contributed by atoms with Gasteiger partial charge in [0.25, 0.3) is 0 Å². The van der Waals surface area contributed by atoms with E-state index in [1.165, 1.54) is 0 Å². The highest BCUT2D eigenvalue weighted by Crippen LogP contribution is 2.36. The summed E-state index contributed by atoms with van der Waals surface area (Å²) in [4.78, 5) is 22.3. The van der Waals surface area contributed by atoms with Gasteiger partial charge in [-0.2, -0.15) is 0 Å². The van der Waals surface area contributed by atoms with Gasteiger partial charge in [-0.1, -0.05) is 19.1 Å². The number of benzene rings is 2. The largest absolute Gasteiger partial charge is 0.496 e. The van der Waals surface area contributed by atoms with Crippen molar-refractivity contribution in [2.75, 3.05) is 58.6 Å². The van der Waals surface area contributed by atoms with Gasteiger partial charge >= 0.3 is 0 Å². The summed E-state index contributed by atoms with van der Waals surface area (Å²) in [6.45, 7) is 5.71. The Morgan fingerprint density at radius 2 is 1.81 bits per heavy atom. The summed E-state index contributed by atoms with van der Waals surface area (Å²) in [5, 5.41) is 0.837. The van der Waals surface area contributed by atoms with Crippen LogP contribution in [0.4, 0.5) is 5.82 Å². The molecule has 0 spiro atoms. The van der Waals surface area contributed by atoms with Crippen molar-refractivity contribution in [2.24, 2.45) is 0 Å². The van der Waals surface area contributed by atoms with Crippen molar-refractivity contribution < 1.29 is 28.5 Å². The Morgan fingerprint density at radius 1 is 1.08 bits per heavy atom. The molecule has 3 aromatic rings. The number of morpholine rings is 1. The third-order valence-corrected chi connectivity index (χ3v) is 6.72. The lowest BCUT2D eigenvalue weighted by molar-refractivity contribution is -0.133. The SMILES string of the molecule is CCC(=O)N(Cc1cc2c(OC)ccc(OC)c2nc1N1CCOCC1)CC1COc2ccccc2O1. The van der Waals surface area contributed by atoms with E-state index in [9.17, 15) is 4.79 Å². The molecule has 3 heterocycles. The molecular weight excluding hydrogens is 474 g/mol. The van der Waals surface area contributed by atoms with E-state index in [0.717, 1.165) is 41.1 Å². The number of anilines is 1. The quantitative estimate of drug-likeness (QED) is 0.457. The molecule has 2 aliphatic rings. The minimum atomic E-state index is -0.278. The van der Waals surface area contributed by atoms with Crippen LogP contribution in [0.15, 0.2) is 42.5 Å². The molecule has 196 valence electrons. The molecular formula is C28H33N3O6. The average molecular weight is 508 g/mol. The normalized spacial score (nSPS) is 16.9. The Hall–Kier alpha value is -3.72. The van der Waals surface area contributed by atoms with E-state index >= 15 is 0 Å². The van der Waals surface area contributed by atoms with E-state index in [2.05, 4.69) is 11.0 Å². The highest BCUT2D eigenvalue weighted by atomic mass is 16.6. The number of rotatable bonds is 8. The molecule has 1 fully saturated rings. The standard InChI is InChI=1S/C28H33N3O6/c1-4-26(32)31(17-20-18-36-23-7-5-6-8-24(23)37-20)16-19-15-21-22(33-2)9-10-25(34-3)27(21)29-28(19)30-11-13-35-14-12-30/h5-10,15,20H,4,11-14,16-18H2,1-3H3. The summed E-state index contributed by atoms with van der Waals surface area (Å²) in [7, 11) is 3.28. The van der Waals surface area contributed by atoms with Gasteiger partial charge in [0.1, 0.15) is 29.4 Å². The summed E-state index contributed by atoms with van der Waals surface area (Å²) in [5.74, 6) is 3.65. The summed E-state index contributed by atoms with van der Waals surface area (Å²) in [5.41, 5.74) is 1.65. The van der Waals surface area contributed by atoms with Gasteiger partial charge in [0.05, 0.1) is 34.0 Å². The van der Waals surface area contributed by atoms with Crippen molar-refractivity contribution in [2.45, 2.75) is 26.0 Å². The van der Waals surface area contributed by atoms with Gasteiger partial charge in [-0.3, -0.25) is 4.79 Å². The van der Waals surface area contributed by atoms with E-state index in [4.69, 9.17) is 28.7 Å². The van der Waals surface area contributed by atoms with E-state index in [0.29, 0.717) is 56.6 Å². The third-order valence-electron chi connectivity index (χ3n) is 6.72. The predicted octanol–water partition coefficient (Wildman–Crippen LogP) is 3.67. The monoisotopic (exact) mass is 507 g/mol. The number of para-hydroxylation sites is 2. The number of hydrogen-bond donors (Lipinski definition) is 0. The van der Waals surface area contributed by atoms with Crippen molar-refractivity contribution >= 4 is 22.6 Å². The maximum Gasteiger partial charge on any atom is 0.222 e. The second-order valence-corrected chi connectivity index (χ2v) is 9.06. The Bertz CT molecular complexity index is 1260. The van der Waals surface area contributed by atoms with Crippen LogP contribution in [-0.4, -0.2) is 75.6 Å². The first-order chi connectivity index (χ1) is 18.1. The zero-order valence-corrected chi connectivity index (χ0v) is 21.6. The highest BCUT2D eigenvalue weighted by molar-refractivity contribution is 5.92. The van der Waals surface area contributed by atoms with Gasteiger partial charge in [-0.15, -0.1) is 0 Å². The Morgan fingerprint density at radius 3 is 2.54 bits per heavy atom. The van der Waals surface area contributed by atoms with Gasteiger partial charge in [0.15, 0.2) is 17.6 Å². The van der Waals surface area contributed by atoms with Crippen molar-refractivity contribution in [3.8, 4) is 23.0 Å². The van der Waals surface area contributed by atoms with Crippen molar-refractivity contribution in [1.82, 2.24) is 9.88 Å². The molecule has 5 rings (SSSR count). The molecule has 9 nitrogen and oxygen atoms in total. The van der Waals surface area contributed by atoms with Crippen molar-refractivity contribution in [1.29, 1.82) is 0 Å². The highest BCUT2D eigenvalue weighted by Gasteiger charge is 2.27. The summed E-state index contributed by atoms with van der Waals surface area (Å²) in [6.07, 6.45) is 0.107. The smallest absolute Gasteiger partial charge is 0.222 e. The number of hydrogen-bond acceptors (Lipinski definition) is 8. The Kier molecular flexibility index (Phi) is 7.50. The van der Waals surface area contributed by atoms with Crippen molar-refractivity contribution in [3.63, 3.8) is 0 Å². The molecule has 0 saturated carbocycles. The van der Waals surface area contributed by atoms with E-state index in [1.54, 1.807) is 14.2 Å². The minimum Gasteiger partial charge on any atom is -0.496 e. The number of carbonyl (C=O) groups is 1. The fourth-order valence-corrected chi connectivity index (χ4v) is 4.83. The second kappa shape index (κ2) is 11.1. The van der Waals surface area contributed by atoms with Gasteiger partial charge < -0.3 is 33.5 Å². The van der Waals surface area contributed by atoms with Crippen LogP contribution in [0.3, 0.4) is 0 Å². The van der Waals surface area contributed by atoms with E-state index in [-0.39, 0.29) is 12.0 Å². The molecule has 2 aliphatic heterocycles. The average Bonchev–Trinajstić information content (AvgIpc) is 2.95. The van der Waals surface area contributed by atoms with Crippen LogP contribution < -0.4 is 23.8 Å². The Labute approximate surface area is 216 Å². The summed E-state index contributed by atoms with van der Waals surface area (Å²) < 4.78 is 28.9. The zero-order chi connectivity index (χ0) is 25.8. The first-order valence-electron chi connectivity index (χ1n) is 12.6. The molecule has 1 unspecified atom stereocenters. The molecule has 9 heteroatoms. The summed E-state index contributed by atoms with van der Waals surface area (Å²) in [6, 6.07) is 13.4. The number of aromatic nitrogens is 1. The molecule has 1 aromatic heterocycles. The van der Waals surface area contributed by atoms with Crippen LogP contribution in [0.2, 0.25) is 0 Å². The fourth-order valence-electron chi connectivity index (χ4n) is 4.83. The predicted molar refractivity (Wildman–Crippen MR) is 140 cm³/mol. The molecule has 1 amide bonds. The molecule has 37 heavy (non-hydrogen) atoms. The molecule has 0 radical (unpaired) electrons. The molecule has 1 saturated heterocycles. The number of fused-ring (bicyclic) bond motifs is 2. The molecule has 2 aromatic carbocycles. The first kappa shape index (κ1) is 25.0. The lowest BCUT2D eigenvalue weighted by Crippen LogP contribution is -2.43. The maximum absolute atomic E-state index is 13.1. The molecule has 0 aliphatic carbocycles. The van der Waals surface area contributed by atoms with Crippen LogP contribution in [0.1, 0.15) is 18.9 Å². The van der Waals surface area contributed by atoms with E-state index < -0.39 is 0 Å². The fraction of sp³-hybridized carbons (Fsp3) is 0.429. The van der Waals surface area contributed by atoms with Crippen LogP contribution in [0, 0.1) is 0 Å². The molecule has 1 atom stereocenters. The van der Waals surface area contributed by atoms with Gasteiger partial charge in [0, 0.05) is 37.0 Å². The summed E-state index contributed by atoms with van der Waals surface area (Å²) >= 11 is 0. The number of pyridine rings is 1. The van der Waals surface area contributed by atoms with Gasteiger partial charge in [0.2, 0.25) is 5.91 Å². The topological polar surface area (TPSA) is 82.6 Å². The van der Waals surface area contributed by atoms with Gasteiger partial charge in [-0.05, 0) is 30.3 Å². The van der Waals surface area contributed by atoms with Gasteiger partial charge in [-0.25, -0.2) is 4.98 Å². The molecule has 0 bridgehead atoms. The Balaban J connectivity index is 1.51. The first-order valence-corrected chi connectivity index (χ1v) is 12.6. The number of methoxy groups -OCH3 is 2. The third kappa shape index (κ3) is 5.22. The minimum absolute atomic E-state index is 0.0353. The van der Waals surface area contributed by atoms with Crippen LogP contribution >= 0.6 is 0 Å². The van der Waals surface area contributed by atoms with Crippen LogP contribution in [0.5, 0.6) is 23.0 Å². The van der Waals surface area contributed by atoms with Crippen LogP contribution in [-0.2, 0) is 16.1 Å². The molecule has 0 N–H and O–H groups in total. The number of nitrogens with zero attached hydrogens (tertiary/aromatic N) is 3. The van der Waals surface area contributed by atoms with Crippen LogP contribution in [0.25, 0.3) is 10.9 Å².